The zero-order valence-electron chi connectivity index (χ0n) is 13.9. The third-order valence-corrected chi connectivity index (χ3v) is 4.18. The van der Waals surface area contributed by atoms with Crippen LogP contribution in [0.15, 0.2) is 18.2 Å². The van der Waals surface area contributed by atoms with E-state index in [1.807, 2.05) is 0 Å². The summed E-state index contributed by atoms with van der Waals surface area (Å²) in [7, 11) is 3.18. The standard InChI is InChI=1S/C15H17Cl2N5O3/c1-4-11-14(22(24)25)15(21(3)19-11)20(2)8-12(23)18-13-9(16)6-5-7-10(13)17/h5-7H,4,8H2,1-3H3,(H,18,23). The van der Waals surface area contributed by atoms with Crippen molar-refractivity contribution >= 4 is 46.3 Å². The van der Waals surface area contributed by atoms with Crippen LogP contribution in [0.5, 0.6) is 0 Å². The third-order valence-electron chi connectivity index (χ3n) is 3.55. The fourth-order valence-corrected chi connectivity index (χ4v) is 2.99. The van der Waals surface area contributed by atoms with Gasteiger partial charge in [-0.3, -0.25) is 14.9 Å². The maximum absolute atomic E-state index is 12.3. The van der Waals surface area contributed by atoms with E-state index in [1.54, 1.807) is 39.2 Å². The number of halogens is 2. The average Bonchev–Trinajstić information content (AvgIpc) is 2.88. The van der Waals surface area contributed by atoms with E-state index >= 15 is 0 Å². The number of benzene rings is 1. The van der Waals surface area contributed by atoms with E-state index in [1.165, 1.54) is 9.58 Å². The van der Waals surface area contributed by atoms with Crippen molar-refractivity contribution in [1.82, 2.24) is 9.78 Å². The number of rotatable bonds is 6. The first kappa shape index (κ1) is 19.0. The largest absolute Gasteiger partial charge is 0.345 e. The summed E-state index contributed by atoms with van der Waals surface area (Å²) in [6.07, 6.45) is 0.416. The number of amides is 1. The lowest BCUT2D eigenvalue weighted by atomic mass is 10.3. The number of nitro groups is 1. The van der Waals surface area contributed by atoms with Crippen LogP contribution in [0.2, 0.25) is 10.0 Å². The Morgan fingerprint density at radius 3 is 2.52 bits per heavy atom. The van der Waals surface area contributed by atoms with Gasteiger partial charge in [-0.05, 0) is 18.6 Å². The van der Waals surface area contributed by atoms with Crippen LogP contribution in [0.4, 0.5) is 17.2 Å². The van der Waals surface area contributed by atoms with Crippen LogP contribution in [0.3, 0.4) is 0 Å². The molecule has 0 saturated heterocycles. The minimum atomic E-state index is -0.486. The van der Waals surface area contributed by atoms with Crippen LogP contribution >= 0.6 is 23.2 Å². The number of nitrogens with zero attached hydrogens (tertiary/aromatic N) is 4. The summed E-state index contributed by atoms with van der Waals surface area (Å²) < 4.78 is 1.40. The van der Waals surface area contributed by atoms with E-state index in [0.29, 0.717) is 27.8 Å². The Balaban J connectivity index is 2.22. The number of hydrogen-bond donors (Lipinski definition) is 1. The Morgan fingerprint density at radius 1 is 1.40 bits per heavy atom. The Hall–Kier alpha value is -2.32. The van der Waals surface area contributed by atoms with E-state index in [4.69, 9.17) is 23.2 Å². The van der Waals surface area contributed by atoms with Crippen molar-refractivity contribution in [3.63, 3.8) is 0 Å². The van der Waals surface area contributed by atoms with Crippen LogP contribution in [-0.4, -0.2) is 34.2 Å². The second-order valence-electron chi connectivity index (χ2n) is 5.35. The molecule has 2 rings (SSSR count). The van der Waals surface area contributed by atoms with Gasteiger partial charge >= 0.3 is 5.69 Å². The van der Waals surface area contributed by atoms with E-state index in [0.717, 1.165) is 0 Å². The minimum Gasteiger partial charge on any atom is -0.345 e. The summed E-state index contributed by atoms with van der Waals surface area (Å²) in [6.45, 7) is 1.65. The van der Waals surface area contributed by atoms with Gasteiger partial charge in [0.1, 0.15) is 5.69 Å². The van der Waals surface area contributed by atoms with E-state index in [-0.39, 0.29) is 18.1 Å². The molecule has 0 unspecified atom stereocenters. The van der Waals surface area contributed by atoms with Gasteiger partial charge in [-0.2, -0.15) is 5.10 Å². The summed E-state index contributed by atoms with van der Waals surface area (Å²) in [5.74, 6) is -0.159. The van der Waals surface area contributed by atoms with Crippen molar-refractivity contribution in [3.8, 4) is 0 Å². The monoisotopic (exact) mass is 385 g/mol. The lowest BCUT2D eigenvalue weighted by Crippen LogP contribution is -2.31. The van der Waals surface area contributed by atoms with Crippen molar-refractivity contribution < 1.29 is 9.72 Å². The van der Waals surface area contributed by atoms with Crippen molar-refractivity contribution in [2.24, 2.45) is 7.05 Å². The number of nitrogens with one attached hydrogen (secondary N) is 1. The molecule has 0 aliphatic rings. The smallest absolute Gasteiger partial charge is 0.334 e. The highest BCUT2D eigenvalue weighted by Crippen LogP contribution is 2.32. The molecule has 134 valence electrons. The van der Waals surface area contributed by atoms with Crippen molar-refractivity contribution in [2.75, 3.05) is 23.8 Å². The molecule has 0 aliphatic carbocycles. The van der Waals surface area contributed by atoms with Gasteiger partial charge in [0.15, 0.2) is 0 Å². The predicted octanol–water partition coefficient (Wildman–Crippen LogP) is 3.27. The normalized spacial score (nSPS) is 10.6. The average molecular weight is 386 g/mol. The fourth-order valence-electron chi connectivity index (χ4n) is 2.50. The Bertz CT molecular complexity index is 801. The number of anilines is 2. The van der Waals surface area contributed by atoms with Crippen molar-refractivity contribution in [1.29, 1.82) is 0 Å². The molecule has 10 heteroatoms. The van der Waals surface area contributed by atoms with Crippen LogP contribution in [0.1, 0.15) is 12.6 Å². The summed E-state index contributed by atoms with van der Waals surface area (Å²) in [4.78, 5) is 24.7. The molecular formula is C15H17Cl2N5O3. The van der Waals surface area contributed by atoms with Gasteiger partial charge in [-0.25, -0.2) is 4.68 Å². The highest BCUT2D eigenvalue weighted by atomic mass is 35.5. The summed E-state index contributed by atoms with van der Waals surface area (Å²) in [5, 5.41) is 18.8. The topological polar surface area (TPSA) is 93.3 Å². The van der Waals surface area contributed by atoms with E-state index in [2.05, 4.69) is 10.4 Å². The van der Waals surface area contributed by atoms with Crippen molar-refractivity contribution in [3.05, 3.63) is 44.1 Å². The molecule has 0 saturated carbocycles. The second kappa shape index (κ2) is 7.71. The second-order valence-corrected chi connectivity index (χ2v) is 6.17. The predicted molar refractivity (Wildman–Crippen MR) is 97.6 cm³/mol. The van der Waals surface area contributed by atoms with Gasteiger partial charge in [0, 0.05) is 14.1 Å². The third kappa shape index (κ3) is 4.02. The number of carbonyl (C=O) groups is 1. The molecular weight excluding hydrogens is 369 g/mol. The maximum atomic E-state index is 12.3. The molecule has 1 N–H and O–H groups in total. The molecule has 0 spiro atoms. The van der Waals surface area contributed by atoms with Crippen LogP contribution in [0.25, 0.3) is 0 Å². The SMILES string of the molecule is CCc1nn(C)c(N(C)CC(=O)Nc2c(Cl)cccc2Cl)c1[N+](=O)[O-]. The van der Waals surface area contributed by atoms with Crippen LogP contribution in [-0.2, 0) is 18.3 Å². The Morgan fingerprint density at radius 2 is 2.00 bits per heavy atom. The number of likely N-dealkylation sites (N-methyl/N-ethyl adjacent to an activating group) is 1. The summed E-state index contributed by atoms with van der Waals surface area (Å²) in [5.41, 5.74) is 0.568. The maximum Gasteiger partial charge on any atom is 0.334 e. The molecule has 1 heterocycles. The molecule has 1 aromatic heterocycles. The number of hydrogen-bond acceptors (Lipinski definition) is 5. The first-order chi connectivity index (χ1) is 11.8. The number of para-hydroxylation sites is 1. The zero-order valence-corrected chi connectivity index (χ0v) is 15.4. The van der Waals surface area contributed by atoms with Crippen LogP contribution in [0, 0.1) is 10.1 Å². The first-order valence-corrected chi connectivity index (χ1v) is 8.17. The van der Waals surface area contributed by atoms with Crippen molar-refractivity contribution in [2.45, 2.75) is 13.3 Å². The fraction of sp³-hybridized carbons (Fsp3) is 0.333. The number of carbonyl (C=O) groups excluding carboxylic acids is 1. The van der Waals surface area contributed by atoms with E-state index in [9.17, 15) is 14.9 Å². The molecule has 1 aromatic carbocycles. The number of aromatic nitrogens is 2. The molecule has 0 bridgehead atoms. The molecule has 8 nitrogen and oxygen atoms in total. The van der Waals surface area contributed by atoms with E-state index < -0.39 is 10.8 Å². The molecule has 2 aromatic rings. The minimum absolute atomic E-state index is 0.101. The molecule has 0 aliphatic heterocycles. The lowest BCUT2D eigenvalue weighted by Gasteiger charge is -2.18. The zero-order chi connectivity index (χ0) is 18.7. The summed E-state index contributed by atoms with van der Waals surface area (Å²) in [6, 6.07) is 4.87. The van der Waals surface area contributed by atoms with Gasteiger partial charge in [0.2, 0.25) is 11.7 Å². The lowest BCUT2D eigenvalue weighted by molar-refractivity contribution is -0.384. The molecule has 0 atom stereocenters. The molecule has 0 radical (unpaired) electrons. The highest BCUT2D eigenvalue weighted by molar-refractivity contribution is 6.39. The van der Waals surface area contributed by atoms with Gasteiger partial charge in [0.05, 0.1) is 27.2 Å². The highest BCUT2D eigenvalue weighted by Gasteiger charge is 2.29. The molecule has 1 amide bonds. The quantitative estimate of drug-likeness (QED) is 0.608. The van der Waals surface area contributed by atoms with Gasteiger partial charge in [-0.15, -0.1) is 0 Å². The van der Waals surface area contributed by atoms with Gasteiger partial charge < -0.3 is 10.2 Å². The Kier molecular flexibility index (Phi) is 5.86. The molecule has 0 fully saturated rings. The molecule has 25 heavy (non-hydrogen) atoms. The summed E-state index contributed by atoms with van der Waals surface area (Å²) >= 11 is 12.1. The van der Waals surface area contributed by atoms with Gasteiger partial charge in [-0.1, -0.05) is 36.2 Å². The van der Waals surface area contributed by atoms with Crippen LogP contribution < -0.4 is 10.2 Å². The Labute approximate surface area is 154 Å². The van der Waals surface area contributed by atoms with Gasteiger partial charge in [0.25, 0.3) is 0 Å². The number of aryl methyl sites for hydroxylation is 2. The first-order valence-electron chi connectivity index (χ1n) is 7.41.